The van der Waals surface area contributed by atoms with E-state index in [9.17, 15) is 19.2 Å². The molecule has 0 aliphatic carbocycles. The summed E-state index contributed by atoms with van der Waals surface area (Å²) in [7, 11) is 3.30. The highest BCUT2D eigenvalue weighted by molar-refractivity contribution is 5.95. The summed E-state index contributed by atoms with van der Waals surface area (Å²) in [5.41, 5.74) is 2.11. The van der Waals surface area contributed by atoms with Crippen molar-refractivity contribution in [2.75, 3.05) is 20.6 Å². The van der Waals surface area contributed by atoms with Gasteiger partial charge in [-0.3, -0.25) is 19.2 Å². The Morgan fingerprint density at radius 2 is 1.19 bits per heavy atom. The van der Waals surface area contributed by atoms with E-state index in [-0.39, 0.29) is 35.5 Å². The number of likely N-dealkylation sites (N-methyl/N-ethyl adjacent to an activating group) is 2. The van der Waals surface area contributed by atoms with Gasteiger partial charge in [0, 0.05) is 13.6 Å². The fraction of sp³-hybridized carbons (Fsp3) is 0.529. The molecule has 9 heteroatoms. The number of hydrogen-bond acceptors (Lipinski definition) is 5. The van der Waals surface area contributed by atoms with Gasteiger partial charge in [-0.15, -0.1) is 0 Å². The van der Waals surface area contributed by atoms with E-state index in [4.69, 9.17) is 0 Å². The van der Waals surface area contributed by atoms with E-state index in [0.29, 0.717) is 19.4 Å². The van der Waals surface area contributed by atoms with Crippen LogP contribution in [0.4, 0.5) is 0 Å². The van der Waals surface area contributed by atoms with E-state index in [1.54, 1.807) is 14.1 Å². The summed E-state index contributed by atoms with van der Waals surface area (Å²) in [6.45, 7) is 11.6. The zero-order chi connectivity index (χ0) is 32.1. The molecule has 0 saturated carbocycles. The van der Waals surface area contributed by atoms with Crippen molar-refractivity contribution in [1.82, 2.24) is 26.2 Å². The molecule has 0 fully saturated rings. The molecule has 9 nitrogen and oxygen atoms in total. The average molecular weight is 594 g/mol. The van der Waals surface area contributed by atoms with Crippen LogP contribution in [0.15, 0.2) is 60.7 Å². The van der Waals surface area contributed by atoms with Gasteiger partial charge in [-0.25, -0.2) is 0 Å². The largest absolute Gasteiger partial charge is 0.354 e. The first-order valence-corrected chi connectivity index (χ1v) is 15.3. The lowest BCUT2D eigenvalue weighted by molar-refractivity contribution is -0.145. The minimum Gasteiger partial charge on any atom is -0.354 e. The predicted molar refractivity (Wildman–Crippen MR) is 171 cm³/mol. The van der Waals surface area contributed by atoms with Gasteiger partial charge in [0.05, 0.1) is 6.04 Å². The lowest BCUT2D eigenvalue weighted by Gasteiger charge is -2.35. The highest BCUT2D eigenvalue weighted by Crippen LogP contribution is 2.16. The molecule has 2 rings (SSSR count). The van der Waals surface area contributed by atoms with E-state index >= 15 is 0 Å². The van der Waals surface area contributed by atoms with Gasteiger partial charge in [-0.05, 0) is 48.8 Å². The summed E-state index contributed by atoms with van der Waals surface area (Å²) in [4.78, 5) is 55.2. The third-order valence-corrected chi connectivity index (χ3v) is 7.65. The second kappa shape index (κ2) is 17.4. The summed E-state index contributed by atoms with van der Waals surface area (Å²) in [6.07, 6.45) is 1.15. The summed E-state index contributed by atoms with van der Waals surface area (Å²) >= 11 is 0. The maximum Gasteiger partial charge on any atom is 0.245 e. The average Bonchev–Trinajstić information content (AvgIpc) is 2.97. The van der Waals surface area contributed by atoms with Crippen LogP contribution in [-0.4, -0.2) is 73.3 Å². The Morgan fingerprint density at radius 1 is 0.674 bits per heavy atom. The minimum atomic E-state index is -0.839. The maximum atomic E-state index is 13.8. The Labute approximate surface area is 257 Å². The highest BCUT2D eigenvalue weighted by atomic mass is 16.2. The van der Waals surface area contributed by atoms with Crippen molar-refractivity contribution in [3.05, 3.63) is 71.8 Å². The van der Waals surface area contributed by atoms with E-state index in [1.807, 2.05) is 102 Å². The maximum absolute atomic E-state index is 13.8. The SMILES string of the molecule is CN[C@@H](Cc1ccccc1)C(=O)N[C@H](C(=O)N(C)[C@H](C(=O)N[C@H](C(=O)NCCc1ccccc1)C(C)C)C(C)C)C(C)C. The van der Waals surface area contributed by atoms with Gasteiger partial charge in [0.1, 0.15) is 18.1 Å². The molecule has 4 amide bonds. The standard InChI is InChI=1S/C34H51N5O4/c1-22(2)28(32(41)36-20-19-25-15-11-9-12-16-25)37-33(42)30(24(5)6)39(8)34(43)29(23(3)4)38-31(40)27(35-7)21-26-17-13-10-14-18-26/h9-18,22-24,27-30,35H,19-21H2,1-8H3,(H,36,41)(H,37,42)(H,38,40)/t27-,28-,29-,30-/m0/s1. The third-order valence-electron chi connectivity index (χ3n) is 7.65. The van der Waals surface area contributed by atoms with Crippen molar-refractivity contribution in [1.29, 1.82) is 0 Å². The molecule has 0 saturated heterocycles. The van der Waals surface area contributed by atoms with Crippen LogP contribution in [0.5, 0.6) is 0 Å². The van der Waals surface area contributed by atoms with Gasteiger partial charge in [0.2, 0.25) is 23.6 Å². The number of amides is 4. The van der Waals surface area contributed by atoms with Gasteiger partial charge < -0.3 is 26.2 Å². The molecule has 4 N–H and O–H groups in total. The molecule has 236 valence electrons. The molecule has 0 aliphatic rings. The molecule has 0 unspecified atom stereocenters. The van der Waals surface area contributed by atoms with Crippen molar-refractivity contribution in [3.8, 4) is 0 Å². The molecule has 2 aromatic carbocycles. The molecule has 0 aliphatic heterocycles. The first kappa shape index (κ1) is 35.5. The Hall–Kier alpha value is -3.72. The zero-order valence-electron chi connectivity index (χ0n) is 27.0. The number of carbonyl (C=O) groups excluding carboxylic acids is 4. The van der Waals surface area contributed by atoms with E-state index < -0.39 is 30.1 Å². The first-order valence-electron chi connectivity index (χ1n) is 15.3. The Balaban J connectivity index is 2.11. The number of nitrogens with one attached hydrogen (secondary N) is 4. The molecule has 4 atom stereocenters. The smallest absolute Gasteiger partial charge is 0.245 e. The Morgan fingerprint density at radius 3 is 1.67 bits per heavy atom. The first-order chi connectivity index (χ1) is 20.4. The number of carbonyl (C=O) groups is 4. The van der Waals surface area contributed by atoms with Crippen molar-refractivity contribution >= 4 is 23.6 Å². The zero-order valence-corrected chi connectivity index (χ0v) is 27.0. The van der Waals surface area contributed by atoms with Crippen LogP contribution < -0.4 is 21.3 Å². The molecule has 0 radical (unpaired) electrons. The van der Waals surface area contributed by atoms with E-state index in [1.165, 1.54) is 4.90 Å². The molecule has 0 heterocycles. The van der Waals surface area contributed by atoms with Crippen molar-refractivity contribution < 1.29 is 19.2 Å². The number of benzene rings is 2. The van der Waals surface area contributed by atoms with Crippen molar-refractivity contribution in [3.63, 3.8) is 0 Å². The summed E-state index contributed by atoms with van der Waals surface area (Å²) in [5, 5.41) is 11.8. The molecular formula is C34H51N5O4. The Kier molecular flexibility index (Phi) is 14.4. The van der Waals surface area contributed by atoms with E-state index in [2.05, 4.69) is 21.3 Å². The predicted octanol–water partition coefficient (Wildman–Crippen LogP) is 2.94. The third kappa shape index (κ3) is 10.8. The molecule has 2 aromatic rings. The van der Waals surface area contributed by atoms with Gasteiger partial charge in [0.15, 0.2) is 0 Å². The second-order valence-electron chi connectivity index (χ2n) is 12.2. The van der Waals surface area contributed by atoms with Crippen LogP contribution in [0.2, 0.25) is 0 Å². The fourth-order valence-electron chi connectivity index (χ4n) is 5.08. The van der Waals surface area contributed by atoms with Gasteiger partial charge >= 0.3 is 0 Å². The lowest BCUT2D eigenvalue weighted by atomic mass is 9.96. The molecule has 0 spiro atoms. The molecule has 0 bridgehead atoms. The van der Waals surface area contributed by atoms with Gasteiger partial charge in [-0.2, -0.15) is 0 Å². The number of rotatable bonds is 16. The van der Waals surface area contributed by atoms with Crippen LogP contribution in [0.25, 0.3) is 0 Å². The van der Waals surface area contributed by atoms with E-state index in [0.717, 1.165) is 11.1 Å². The lowest BCUT2D eigenvalue weighted by Crippen LogP contribution is -2.61. The van der Waals surface area contributed by atoms with Crippen LogP contribution in [-0.2, 0) is 32.0 Å². The number of nitrogens with zero attached hydrogens (tertiary/aromatic N) is 1. The Bertz CT molecular complexity index is 1170. The highest BCUT2D eigenvalue weighted by Gasteiger charge is 2.37. The monoisotopic (exact) mass is 593 g/mol. The van der Waals surface area contributed by atoms with Crippen LogP contribution >= 0.6 is 0 Å². The van der Waals surface area contributed by atoms with Gasteiger partial charge in [0.25, 0.3) is 0 Å². The van der Waals surface area contributed by atoms with Crippen LogP contribution in [0.1, 0.15) is 52.7 Å². The van der Waals surface area contributed by atoms with Gasteiger partial charge in [-0.1, -0.05) is 102 Å². The molecular weight excluding hydrogens is 542 g/mol. The van der Waals surface area contributed by atoms with Crippen molar-refractivity contribution in [2.45, 2.75) is 78.6 Å². The molecule has 43 heavy (non-hydrogen) atoms. The van der Waals surface area contributed by atoms with Crippen LogP contribution in [0, 0.1) is 17.8 Å². The topological polar surface area (TPSA) is 120 Å². The fourth-order valence-corrected chi connectivity index (χ4v) is 5.08. The minimum absolute atomic E-state index is 0.166. The van der Waals surface area contributed by atoms with Crippen molar-refractivity contribution in [2.24, 2.45) is 17.8 Å². The second-order valence-corrected chi connectivity index (χ2v) is 12.2. The quantitative estimate of drug-likeness (QED) is 0.239. The molecule has 0 aromatic heterocycles. The summed E-state index contributed by atoms with van der Waals surface area (Å²) in [6, 6.07) is 16.6. The summed E-state index contributed by atoms with van der Waals surface area (Å²) in [5.74, 6) is -1.95. The normalized spacial score (nSPS) is 14.1. The van der Waals surface area contributed by atoms with Crippen LogP contribution in [0.3, 0.4) is 0 Å². The summed E-state index contributed by atoms with van der Waals surface area (Å²) < 4.78 is 0. The number of hydrogen-bond donors (Lipinski definition) is 4.